The minimum atomic E-state index is 0.0797. The van der Waals surface area contributed by atoms with Gasteiger partial charge in [-0.15, -0.1) is 0 Å². The van der Waals surface area contributed by atoms with E-state index in [2.05, 4.69) is 60.7 Å². The van der Waals surface area contributed by atoms with Crippen molar-refractivity contribution in [2.75, 3.05) is 0 Å². The number of benzene rings is 1. The van der Waals surface area contributed by atoms with Crippen LogP contribution in [0.5, 0.6) is 0 Å². The average Bonchev–Trinajstić information content (AvgIpc) is 2.99. The molecule has 2 aliphatic rings. The van der Waals surface area contributed by atoms with Gasteiger partial charge in [0.2, 0.25) is 5.91 Å². The third-order valence-electron chi connectivity index (χ3n) is 6.64. The predicted molar refractivity (Wildman–Crippen MR) is 108 cm³/mol. The first-order chi connectivity index (χ1) is 13.0. The number of aryl methyl sites for hydroxylation is 2. The summed E-state index contributed by atoms with van der Waals surface area (Å²) in [6.45, 7) is 6.13. The number of amides is 1. The van der Waals surface area contributed by atoms with Crippen molar-refractivity contribution >= 4 is 5.91 Å². The fourth-order valence-corrected chi connectivity index (χ4v) is 5.49. The summed E-state index contributed by atoms with van der Waals surface area (Å²) in [5.74, 6) is 2.02. The Hall–Kier alpha value is -2.10. The van der Waals surface area contributed by atoms with Crippen molar-refractivity contribution in [1.82, 2.24) is 15.1 Å². The molecule has 0 aliphatic heterocycles. The highest BCUT2D eigenvalue weighted by molar-refractivity contribution is 5.77. The largest absolute Gasteiger partial charge is 0.352 e. The van der Waals surface area contributed by atoms with Crippen LogP contribution in [-0.2, 0) is 4.79 Å². The van der Waals surface area contributed by atoms with Gasteiger partial charge < -0.3 is 5.32 Å². The molecule has 5 atom stereocenters. The van der Waals surface area contributed by atoms with Crippen LogP contribution in [0.4, 0.5) is 0 Å². The van der Waals surface area contributed by atoms with E-state index in [-0.39, 0.29) is 18.0 Å². The van der Waals surface area contributed by atoms with Crippen molar-refractivity contribution in [1.29, 1.82) is 0 Å². The van der Waals surface area contributed by atoms with E-state index in [0.29, 0.717) is 18.3 Å². The number of hydrogen-bond acceptors (Lipinski definition) is 2. The topological polar surface area (TPSA) is 46.9 Å². The number of carbonyl (C=O) groups is 1. The zero-order valence-corrected chi connectivity index (χ0v) is 16.7. The summed E-state index contributed by atoms with van der Waals surface area (Å²) < 4.78 is 1.98. The maximum Gasteiger partial charge on any atom is 0.222 e. The summed E-state index contributed by atoms with van der Waals surface area (Å²) in [6, 6.07) is 13.2. The van der Waals surface area contributed by atoms with Crippen LogP contribution in [0.2, 0.25) is 0 Å². The fourth-order valence-electron chi connectivity index (χ4n) is 5.49. The second-order valence-corrected chi connectivity index (χ2v) is 8.57. The molecule has 1 N–H and O–H groups in total. The van der Waals surface area contributed by atoms with Crippen LogP contribution in [0.3, 0.4) is 0 Å². The quantitative estimate of drug-likeness (QED) is 0.845. The Labute approximate surface area is 162 Å². The standard InChI is InChI=1S/C23H31N3O/c1-15-13-16(2)26(25-15)17(3)14-21(27)24-23-20-12-8-7-11-19(20)22(23)18-9-5-4-6-10-18/h4-6,9-10,13,17,19-20,22-23H,7-8,11-12,14H2,1-3H3,(H,24,27)/t17-,19+,20-,22+,23+/m1/s1. The van der Waals surface area contributed by atoms with Gasteiger partial charge in [-0.1, -0.05) is 43.2 Å². The third kappa shape index (κ3) is 3.54. The van der Waals surface area contributed by atoms with Crippen molar-refractivity contribution < 1.29 is 4.79 Å². The lowest BCUT2D eigenvalue weighted by molar-refractivity contribution is -0.125. The number of carbonyl (C=O) groups excluding carboxylic acids is 1. The molecule has 0 saturated heterocycles. The van der Waals surface area contributed by atoms with Crippen molar-refractivity contribution in [2.24, 2.45) is 11.8 Å². The molecule has 1 amide bonds. The third-order valence-corrected chi connectivity index (χ3v) is 6.64. The first-order valence-electron chi connectivity index (χ1n) is 10.4. The molecule has 0 bridgehead atoms. The molecular formula is C23H31N3O. The van der Waals surface area contributed by atoms with Crippen LogP contribution in [0.25, 0.3) is 0 Å². The SMILES string of the molecule is Cc1cc(C)n([C@H](C)CC(=O)N[C@H]2[C@@H]3CCCC[C@@H]3[C@@H]2c2ccccc2)n1. The smallest absolute Gasteiger partial charge is 0.222 e. The molecule has 144 valence electrons. The maximum atomic E-state index is 12.8. The van der Waals surface area contributed by atoms with Gasteiger partial charge in [-0.05, 0) is 57.1 Å². The summed E-state index contributed by atoms with van der Waals surface area (Å²) in [6.07, 6.45) is 5.68. The van der Waals surface area contributed by atoms with E-state index in [4.69, 9.17) is 0 Å². The lowest BCUT2D eigenvalue weighted by Crippen LogP contribution is -2.59. The molecular weight excluding hydrogens is 334 g/mol. The molecule has 2 aromatic rings. The molecule has 1 heterocycles. The van der Waals surface area contributed by atoms with Crippen molar-refractivity contribution in [2.45, 2.75) is 70.9 Å². The average molecular weight is 366 g/mol. The Bertz CT molecular complexity index is 797. The Morgan fingerprint density at radius 1 is 1.19 bits per heavy atom. The van der Waals surface area contributed by atoms with E-state index in [9.17, 15) is 4.79 Å². The molecule has 1 aromatic heterocycles. The molecule has 4 nitrogen and oxygen atoms in total. The van der Waals surface area contributed by atoms with Crippen LogP contribution in [0, 0.1) is 25.7 Å². The van der Waals surface area contributed by atoms with E-state index >= 15 is 0 Å². The summed E-state index contributed by atoms with van der Waals surface area (Å²) in [5, 5.41) is 7.95. The summed E-state index contributed by atoms with van der Waals surface area (Å²) in [5.41, 5.74) is 3.51. The van der Waals surface area contributed by atoms with Crippen LogP contribution in [0.1, 0.15) is 67.9 Å². The molecule has 4 rings (SSSR count). The van der Waals surface area contributed by atoms with Gasteiger partial charge in [0.1, 0.15) is 0 Å². The van der Waals surface area contributed by atoms with Crippen LogP contribution in [0.15, 0.2) is 36.4 Å². The highest BCUT2D eigenvalue weighted by Gasteiger charge is 2.51. The molecule has 4 heteroatoms. The van der Waals surface area contributed by atoms with Crippen molar-refractivity contribution in [3.8, 4) is 0 Å². The Balaban J connectivity index is 1.45. The first kappa shape index (κ1) is 18.3. The maximum absolute atomic E-state index is 12.8. The zero-order valence-electron chi connectivity index (χ0n) is 16.7. The number of fused-ring (bicyclic) bond motifs is 1. The highest BCUT2D eigenvalue weighted by Crippen LogP contribution is 2.54. The summed E-state index contributed by atoms with van der Waals surface area (Å²) >= 11 is 0. The molecule has 2 saturated carbocycles. The van der Waals surface area contributed by atoms with E-state index < -0.39 is 0 Å². The van der Waals surface area contributed by atoms with E-state index in [0.717, 1.165) is 17.3 Å². The predicted octanol–water partition coefficient (Wildman–Crippen LogP) is 4.54. The minimum absolute atomic E-state index is 0.0797. The summed E-state index contributed by atoms with van der Waals surface area (Å²) in [4.78, 5) is 12.8. The molecule has 0 radical (unpaired) electrons. The monoisotopic (exact) mass is 365 g/mol. The van der Waals surface area contributed by atoms with E-state index in [1.54, 1.807) is 0 Å². The van der Waals surface area contributed by atoms with Gasteiger partial charge in [0.15, 0.2) is 0 Å². The Morgan fingerprint density at radius 2 is 1.89 bits per heavy atom. The molecule has 2 aliphatic carbocycles. The lowest BCUT2D eigenvalue weighted by Gasteiger charge is -2.55. The number of nitrogens with one attached hydrogen (secondary N) is 1. The van der Waals surface area contributed by atoms with Gasteiger partial charge >= 0.3 is 0 Å². The number of aromatic nitrogens is 2. The number of rotatable bonds is 5. The Kier molecular flexibility index (Phi) is 5.07. The fraction of sp³-hybridized carbons (Fsp3) is 0.565. The summed E-state index contributed by atoms with van der Waals surface area (Å²) in [7, 11) is 0. The van der Waals surface area contributed by atoms with Gasteiger partial charge in [-0.3, -0.25) is 9.48 Å². The van der Waals surface area contributed by atoms with Gasteiger partial charge in [-0.25, -0.2) is 0 Å². The first-order valence-corrected chi connectivity index (χ1v) is 10.4. The van der Waals surface area contributed by atoms with Gasteiger partial charge in [0, 0.05) is 24.1 Å². The molecule has 2 fully saturated rings. The van der Waals surface area contributed by atoms with Gasteiger partial charge in [0.25, 0.3) is 0 Å². The molecule has 0 unspecified atom stereocenters. The van der Waals surface area contributed by atoms with Gasteiger partial charge in [0.05, 0.1) is 11.7 Å². The number of nitrogens with zero attached hydrogens (tertiary/aromatic N) is 2. The molecule has 0 spiro atoms. The second-order valence-electron chi connectivity index (χ2n) is 8.57. The molecule has 27 heavy (non-hydrogen) atoms. The minimum Gasteiger partial charge on any atom is -0.352 e. The van der Waals surface area contributed by atoms with Crippen LogP contribution < -0.4 is 5.32 Å². The second kappa shape index (κ2) is 7.49. The van der Waals surface area contributed by atoms with Crippen molar-refractivity contribution in [3.05, 3.63) is 53.3 Å². The van der Waals surface area contributed by atoms with E-state index in [1.807, 2.05) is 11.6 Å². The van der Waals surface area contributed by atoms with Crippen LogP contribution in [-0.4, -0.2) is 21.7 Å². The number of hydrogen-bond donors (Lipinski definition) is 1. The van der Waals surface area contributed by atoms with E-state index in [1.165, 1.54) is 31.2 Å². The molecule has 1 aromatic carbocycles. The zero-order chi connectivity index (χ0) is 19.0. The normalized spacial score (nSPS) is 28.1. The van der Waals surface area contributed by atoms with Gasteiger partial charge in [-0.2, -0.15) is 5.10 Å². The van der Waals surface area contributed by atoms with Crippen molar-refractivity contribution in [3.63, 3.8) is 0 Å². The van der Waals surface area contributed by atoms with Crippen LogP contribution >= 0.6 is 0 Å². The highest BCUT2D eigenvalue weighted by atomic mass is 16.1. The Morgan fingerprint density at radius 3 is 2.56 bits per heavy atom. The lowest BCUT2D eigenvalue weighted by atomic mass is 9.53.